The lowest BCUT2D eigenvalue weighted by Crippen LogP contribution is -2.23. The summed E-state index contributed by atoms with van der Waals surface area (Å²) in [5.74, 6) is -0.697. The average Bonchev–Trinajstić information content (AvgIpc) is 2.70. The predicted molar refractivity (Wildman–Crippen MR) is 119 cm³/mol. The number of ether oxygens (including phenoxy) is 2. The summed E-state index contributed by atoms with van der Waals surface area (Å²) < 4.78 is 11.0. The molecular formula is C25H31NO4. The second kappa shape index (κ2) is 12.6. The highest BCUT2D eigenvalue weighted by atomic mass is 16.5. The van der Waals surface area contributed by atoms with Crippen LogP contribution in [0.5, 0.6) is 0 Å². The topological polar surface area (TPSA) is 79.6 Å². The van der Waals surface area contributed by atoms with Crippen LogP contribution in [0.3, 0.4) is 0 Å². The van der Waals surface area contributed by atoms with Crippen molar-refractivity contribution in [3.63, 3.8) is 0 Å². The van der Waals surface area contributed by atoms with Crippen LogP contribution in [0.1, 0.15) is 39.2 Å². The number of aliphatic hydroxyl groups is 1. The molecule has 0 radical (unpaired) electrons. The molecule has 0 saturated carbocycles. The Balaban J connectivity index is 2.92. The van der Waals surface area contributed by atoms with Crippen LogP contribution in [-0.2, 0) is 14.3 Å². The van der Waals surface area contributed by atoms with Crippen LogP contribution in [0.15, 0.2) is 72.9 Å². The third-order valence-electron chi connectivity index (χ3n) is 4.31. The molecular weight excluding hydrogens is 378 g/mol. The summed E-state index contributed by atoms with van der Waals surface area (Å²) in [6, 6.07) is 11.1. The summed E-state index contributed by atoms with van der Waals surface area (Å²) in [5, 5.41) is 19.4. The number of benzene rings is 1. The molecule has 0 aliphatic carbocycles. The Morgan fingerprint density at radius 1 is 1.27 bits per heavy atom. The molecule has 1 unspecified atom stereocenters. The summed E-state index contributed by atoms with van der Waals surface area (Å²) in [4.78, 5) is 12.7. The van der Waals surface area contributed by atoms with Crippen LogP contribution in [0.25, 0.3) is 5.57 Å². The number of nitriles is 1. The van der Waals surface area contributed by atoms with E-state index in [1.807, 2.05) is 43.3 Å². The molecule has 5 nitrogen and oxygen atoms in total. The minimum Gasteiger partial charge on any atom is -0.461 e. The maximum Gasteiger partial charge on any atom is 0.349 e. The van der Waals surface area contributed by atoms with E-state index in [1.165, 1.54) is 0 Å². The van der Waals surface area contributed by atoms with E-state index in [4.69, 9.17) is 9.47 Å². The van der Waals surface area contributed by atoms with Crippen molar-refractivity contribution in [3.05, 3.63) is 78.4 Å². The molecule has 1 aromatic rings. The summed E-state index contributed by atoms with van der Waals surface area (Å²) in [6.45, 7) is 13.3. The van der Waals surface area contributed by atoms with Crippen molar-refractivity contribution in [1.82, 2.24) is 0 Å². The van der Waals surface area contributed by atoms with Crippen molar-refractivity contribution in [2.45, 2.75) is 45.3 Å². The van der Waals surface area contributed by atoms with Gasteiger partial charge in [-0.05, 0) is 38.3 Å². The maximum atomic E-state index is 12.7. The van der Waals surface area contributed by atoms with E-state index in [1.54, 1.807) is 32.1 Å². The number of hydrogen-bond donors (Lipinski definition) is 1. The Bertz CT molecular complexity index is 823. The fourth-order valence-corrected chi connectivity index (χ4v) is 2.63. The van der Waals surface area contributed by atoms with E-state index in [2.05, 4.69) is 13.2 Å². The van der Waals surface area contributed by atoms with Crippen molar-refractivity contribution >= 4 is 11.5 Å². The van der Waals surface area contributed by atoms with Gasteiger partial charge < -0.3 is 14.6 Å². The van der Waals surface area contributed by atoms with E-state index in [0.29, 0.717) is 36.2 Å². The molecule has 160 valence electrons. The molecule has 0 aliphatic rings. The van der Waals surface area contributed by atoms with E-state index >= 15 is 0 Å². The van der Waals surface area contributed by atoms with Crippen LogP contribution in [0.2, 0.25) is 0 Å². The molecule has 0 heterocycles. The normalized spacial score (nSPS) is 13.6. The van der Waals surface area contributed by atoms with E-state index in [9.17, 15) is 15.2 Å². The lowest BCUT2D eigenvalue weighted by atomic mass is 9.92. The minimum atomic E-state index is -0.783. The van der Waals surface area contributed by atoms with Crippen molar-refractivity contribution in [2.24, 2.45) is 0 Å². The van der Waals surface area contributed by atoms with Gasteiger partial charge in [0.2, 0.25) is 0 Å². The SMILES string of the molecule is C=C/C=C(C=C)/C(=C(\C#N)C(=O)OCCC(C)OCCC(C)(C)O)c1ccccc1. The Labute approximate surface area is 179 Å². The monoisotopic (exact) mass is 409 g/mol. The van der Waals surface area contributed by atoms with Crippen molar-refractivity contribution in [3.8, 4) is 6.07 Å². The fraction of sp³-hybridized carbons (Fsp3) is 0.360. The second-order valence-corrected chi connectivity index (χ2v) is 7.46. The van der Waals surface area contributed by atoms with Gasteiger partial charge in [-0.1, -0.05) is 61.7 Å². The van der Waals surface area contributed by atoms with Gasteiger partial charge in [-0.3, -0.25) is 0 Å². The molecule has 1 rings (SSSR count). The number of esters is 1. The first-order chi connectivity index (χ1) is 14.2. The van der Waals surface area contributed by atoms with Gasteiger partial charge in [-0.25, -0.2) is 4.79 Å². The first kappa shape index (κ1) is 25.1. The van der Waals surface area contributed by atoms with Crippen LogP contribution in [0, 0.1) is 11.3 Å². The Kier molecular flexibility index (Phi) is 10.5. The summed E-state index contributed by atoms with van der Waals surface area (Å²) in [6.07, 6.45) is 5.69. The van der Waals surface area contributed by atoms with Crippen LogP contribution in [-0.4, -0.2) is 36.0 Å². The lowest BCUT2D eigenvalue weighted by molar-refractivity contribution is -0.139. The van der Waals surface area contributed by atoms with E-state index in [-0.39, 0.29) is 18.3 Å². The van der Waals surface area contributed by atoms with Gasteiger partial charge in [0.05, 0.1) is 18.3 Å². The zero-order chi connectivity index (χ0) is 22.6. The number of hydrogen-bond acceptors (Lipinski definition) is 5. The van der Waals surface area contributed by atoms with Gasteiger partial charge in [0.1, 0.15) is 11.6 Å². The molecule has 1 atom stereocenters. The van der Waals surface area contributed by atoms with Gasteiger partial charge in [0, 0.05) is 18.6 Å². The van der Waals surface area contributed by atoms with Gasteiger partial charge in [-0.2, -0.15) is 5.26 Å². The summed E-state index contributed by atoms with van der Waals surface area (Å²) in [5.41, 5.74) is 0.890. The molecule has 1 aromatic carbocycles. The third kappa shape index (κ3) is 8.60. The van der Waals surface area contributed by atoms with Gasteiger partial charge in [0.25, 0.3) is 0 Å². The second-order valence-electron chi connectivity index (χ2n) is 7.46. The fourth-order valence-electron chi connectivity index (χ4n) is 2.63. The number of nitrogens with zero attached hydrogens (tertiary/aromatic N) is 1. The molecule has 0 fully saturated rings. The molecule has 5 heteroatoms. The zero-order valence-electron chi connectivity index (χ0n) is 18.1. The Morgan fingerprint density at radius 2 is 1.93 bits per heavy atom. The first-order valence-corrected chi connectivity index (χ1v) is 9.90. The Hall–Kier alpha value is -2.94. The van der Waals surface area contributed by atoms with Crippen molar-refractivity contribution in [2.75, 3.05) is 13.2 Å². The standard InChI is InChI=1S/C25H31NO4/c1-6-11-20(7-2)23(21-12-9-8-10-13-21)22(18-26)24(27)30-16-14-19(3)29-17-15-25(4,5)28/h6-13,19,28H,1-2,14-17H2,3-5H3/b20-11+,23-22-. The highest BCUT2D eigenvalue weighted by Gasteiger charge is 2.20. The number of rotatable bonds is 12. The smallest absolute Gasteiger partial charge is 0.349 e. The van der Waals surface area contributed by atoms with Crippen LogP contribution < -0.4 is 0 Å². The molecule has 0 spiro atoms. The predicted octanol–water partition coefficient (Wildman–Crippen LogP) is 4.76. The van der Waals surface area contributed by atoms with Gasteiger partial charge in [0.15, 0.2) is 0 Å². The zero-order valence-corrected chi connectivity index (χ0v) is 18.1. The molecule has 0 aliphatic heterocycles. The largest absolute Gasteiger partial charge is 0.461 e. The van der Waals surface area contributed by atoms with Gasteiger partial charge in [-0.15, -0.1) is 0 Å². The minimum absolute atomic E-state index is 0.0928. The van der Waals surface area contributed by atoms with Gasteiger partial charge >= 0.3 is 5.97 Å². The highest BCUT2D eigenvalue weighted by Crippen LogP contribution is 2.28. The molecule has 0 amide bonds. The summed E-state index contributed by atoms with van der Waals surface area (Å²) in [7, 11) is 0. The third-order valence-corrected chi connectivity index (χ3v) is 4.31. The molecule has 0 bridgehead atoms. The lowest BCUT2D eigenvalue weighted by Gasteiger charge is -2.19. The molecule has 1 N–H and O–H groups in total. The average molecular weight is 410 g/mol. The van der Waals surface area contributed by atoms with Crippen molar-refractivity contribution in [1.29, 1.82) is 5.26 Å². The molecule has 30 heavy (non-hydrogen) atoms. The highest BCUT2D eigenvalue weighted by molar-refractivity contribution is 6.05. The summed E-state index contributed by atoms with van der Waals surface area (Å²) >= 11 is 0. The van der Waals surface area contributed by atoms with Crippen molar-refractivity contribution < 1.29 is 19.4 Å². The van der Waals surface area contributed by atoms with Crippen LogP contribution in [0.4, 0.5) is 0 Å². The first-order valence-electron chi connectivity index (χ1n) is 9.90. The maximum absolute atomic E-state index is 12.7. The molecule has 0 aromatic heterocycles. The van der Waals surface area contributed by atoms with E-state index < -0.39 is 11.6 Å². The number of carbonyl (C=O) groups is 1. The van der Waals surface area contributed by atoms with Crippen LogP contribution >= 0.6 is 0 Å². The number of allylic oxidation sites excluding steroid dienone is 5. The van der Waals surface area contributed by atoms with E-state index in [0.717, 1.165) is 0 Å². The molecule has 0 saturated heterocycles. The Morgan fingerprint density at radius 3 is 2.47 bits per heavy atom. The number of carbonyl (C=O) groups excluding carboxylic acids is 1. The quantitative estimate of drug-likeness (QED) is 0.233.